The van der Waals surface area contributed by atoms with Gasteiger partial charge in [0.25, 0.3) is 5.60 Å². The normalized spacial score (nSPS) is 27.3. The minimum atomic E-state index is -2.41. The smallest absolute Gasteiger partial charge is 0.350 e. The predicted molar refractivity (Wildman–Crippen MR) is 161 cm³/mol. The van der Waals surface area contributed by atoms with Gasteiger partial charge in [-0.25, -0.2) is 9.59 Å². The lowest BCUT2D eigenvalue weighted by molar-refractivity contribution is -0.292. The largest absolute Gasteiger partial charge is 0.466 e. The zero-order valence-electron chi connectivity index (χ0n) is 26.6. The van der Waals surface area contributed by atoms with Crippen molar-refractivity contribution in [1.82, 2.24) is 0 Å². The van der Waals surface area contributed by atoms with Gasteiger partial charge >= 0.3 is 17.9 Å². The van der Waals surface area contributed by atoms with E-state index in [1.807, 2.05) is 44.2 Å². The van der Waals surface area contributed by atoms with E-state index in [9.17, 15) is 24.3 Å². The maximum absolute atomic E-state index is 13.2. The van der Waals surface area contributed by atoms with Crippen molar-refractivity contribution < 1.29 is 48.0 Å². The van der Waals surface area contributed by atoms with Crippen LogP contribution in [-0.2, 0) is 49.3 Å². The summed E-state index contributed by atoms with van der Waals surface area (Å²) in [4.78, 5) is 51.1. The van der Waals surface area contributed by atoms with Crippen molar-refractivity contribution in [3.63, 3.8) is 0 Å². The Kier molecular flexibility index (Phi) is 12.1. The molecule has 1 aromatic carbocycles. The standard InChI is InChI=1S/C34H46O10/c1-8-21(2)18-22(3)14-15-28(37)43-31-30(38)33(41-20-27(36)34(31,44-33)32(39)40-7)17-16-23(4)29(42-25(6)35)24(5)19-26-12-10-9-11-13-26/h9-15,21-22,24,29-31,38H,4,8,16-20H2,1-3,5-7H3/b15-14+/t21-,22+,24+,29+,30+,31+,33-,34-/m0/s1. The number of hydrogen-bond donors (Lipinski definition) is 1. The van der Waals surface area contributed by atoms with Crippen LogP contribution in [0.2, 0.25) is 0 Å². The third-order valence-electron chi connectivity index (χ3n) is 8.50. The number of aliphatic hydroxyl groups is 1. The monoisotopic (exact) mass is 614 g/mol. The van der Waals surface area contributed by atoms with Gasteiger partial charge in [-0.2, -0.15) is 0 Å². The average Bonchev–Trinajstić information content (AvgIpc) is 3.20. The van der Waals surface area contributed by atoms with Gasteiger partial charge in [-0.05, 0) is 42.2 Å². The quantitative estimate of drug-likeness (QED) is 0.100. The van der Waals surface area contributed by atoms with Gasteiger partial charge in [0.2, 0.25) is 11.6 Å². The first-order valence-corrected chi connectivity index (χ1v) is 15.2. The lowest BCUT2D eigenvalue weighted by atomic mass is 9.87. The second-order valence-corrected chi connectivity index (χ2v) is 12.1. The van der Waals surface area contributed by atoms with E-state index >= 15 is 0 Å². The molecule has 1 aromatic rings. The number of fused-ring (bicyclic) bond motifs is 2. The van der Waals surface area contributed by atoms with Gasteiger partial charge in [0, 0.05) is 25.3 Å². The molecule has 3 rings (SSSR count). The Hall–Kier alpha value is -3.34. The molecule has 44 heavy (non-hydrogen) atoms. The molecule has 0 unspecified atom stereocenters. The highest BCUT2D eigenvalue weighted by Gasteiger charge is 2.75. The Labute approximate surface area is 259 Å². The van der Waals surface area contributed by atoms with Crippen LogP contribution >= 0.6 is 0 Å². The number of esters is 3. The highest BCUT2D eigenvalue weighted by atomic mass is 16.8. The zero-order valence-corrected chi connectivity index (χ0v) is 26.6. The zero-order chi connectivity index (χ0) is 32.7. The lowest BCUT2D eigenvalue weighted by Crippen LogP contribution is -2.60. The molecule has 2 aliphatic rings. The molecule has 0 aliphatic carbocycles. The van der Waals surface area contributed by atoms with E-state index in [1.165, 1.54) is 13.0 Å². The first kappa shape index (κ1) is 35.1. The highest BCUT2D eigenvalue weighted by molar-refractivity contribution is 6.10. The van der Waals surface area contributed by atoms with Crippen LogP contribution in [-0.4, -0.2) is 72.2 Å². The Morgan fingerprint density at radius 2 is 1.86 bits per heavy atom. The van der Waals surface area contributed by atoms with Gasteiger partial charge in [-0.15, -0.1) is 0 Å². The first-order chi connectivity index (χ1) is 20.8. The Morgan fingerprint density at radius 1 is 1.18 bits per heavy atom. The van der Waals surface area contributed by atoms with Gasteiger partial charge in [-0.3, -0.25) is 9.59 Å². The van der Waals surface area contributed by atoms with E-state index in [0.29, 0.717) is 17.9 Å². The number of aliphatic hydroxyl groups excluding tert-OH is 1. The van der Waals surface area contributed by atoms with Crippen molar-refractivity contribution in [2.24, 2.45) is 17.8 Å². The lowest BCUT2D eigenvalue weighted by Gasteiger charge is -2.38. The molecule has 2 fully saturated rings. The summed E-state index contributed by atoms with van der Waals surface area (Å²) in [6.45, 7) is 13.0. The number of carbonyl (C=O) groups excluding carboxylic acids is 4. The van der Waals surface area contributed by atoms with Crippen molar-refractivity contribution in [1.29, 1.82) is 0 Å². The molecule has 8 atom stereocenters. The van der Waals surface area contributed by atoms with E-state index in [4.69, 9.17) is 23.7 Å². The first-order valence-electron chi connectivity index (χ1n) is 15.2. The van der Waals surface area contributed by atoms with E-state index in [-0.39, 0.29) is 24.7 Å². The number of rotatable bonds is 15. The summed E-state index contributed by atoms with van der Waals surface area (Å²) in [5, 5.41) is 11.5. The number of ether oxygens (including phenoxy) is 5. The van der Waals surface area contributed by atoms with Crippen molar-refractivity contribution in [2.75, 3.05) is 13.7 Å². The third-order valence-corrected chi connectivity index (χ3v) is 8.50. The second-order valence-electron chi connectivity index (χ2n) is 12.1. The number of ketones is 1. The summed E-state index contributed by atoms with van der Waals surface area (Å²) in [6, 6.07) is 9.73. The molecule has 10 heteroatoms. The maximum atomic E-state index is 13.2. The molecule has 2 heterocycles. The average molecular weight is 615 g/mol. The van der Waals surface area contributed by atoms with Crippen molar-refractivity contribution in [2.45, 2.75) is 96.4 Å². The number of allylic oxidation sites excluding steroid dienone is 1. The summed E-state index contributed by atoms with van der Waals surface area (Å²) < 4.78 is 27.8. The molecule has 10 nitrogen and oxygen atoms in total. The van der Waals surface area contributed by atoms with Crippen molar-refractivity contribution in [3.8, 4) is 0 Å². The van der Waals surface area contributed by atoms with E-state index in [2.05, 4.69) is 20.4 Å². The van der Waals surface area contributed by atoms with Gasteiger partial charge < -0.3 is 28.8 Å². The summed E-state index contributed by atoms with van der Waals surface area (Å²) in [5.41, 5.74) is -0.824. The summed E-state index contributed by atoms with van der Waals surface area (Å²) >= 11 is 0. The number of Topliss-reactive ketones (excluding diaryl/α,β-unsaturated/α-hetero) is 1. The summed E-state index contributed by atoms with van der Waals surface area (Å²) in [5.74, 6) is -4.77. The van der Waals surface area contributed by atoms with Crippen LogP contribution in [0, 0.1) is 17.8 Å². The minimum absolute atomic E-state index is 0.0767. The third kappa shape index (κ3) is 7.83. The fourth-order valence-electron chi connectivity index (χ4n) is 5.95. The topological polar surface area (TPSA) is 135 Å². The Bertz CT molecular complexity index is 1220. The van der Waals surface area contributed by atoms with E-state index < -0.39 is 60.0 Å². The Morgan fingerprint density at radius 3 is 2.48 bits per heavy atom. The Balaban J connectivity index is 1.82. The highest BCUT2D eigenvalue weighted by Crippen LogP contribution is 2.48. The number of carbonyl (C=O) groups is 4. The minimum Gasteiger partial charge on any atom is -0.466 e. The molecule has 0 spiro atoms. The van der Waals surface area contributed by atoms with Crippen LogP contribution < -0.4 is 0 Å². The maximum Gasteiger partial charge on any atom is 0.350 e. The molecule has 0 radical (unpaired) electrons. The van der Waals surface area contributed by atoms with Crippen molar-refractivity contribution in [3.05, 3.63) is 60.2 Å². The molecule has 2 bridgehead atoms. The molecular formula is C34H46O10. The molecular weight excluding hydrogens is 568 g/mol. The molecule has 1 N–H and O–H groups in total. The van der Waals surface area contributed by atoms with Crippen LogP contribution in [0.4, 0.5) is 0 Å². The summed E-state index contributed by atoms with van der Waals surface area (Å²) in [6.07, 6.45) is 1.33. The van der Waals surface area contributed by atoms with Crippen LogP contribution in [0.25, 0.3) is 0 Å². The fourth-order valence-corrected chi connectivity index (χ4v) is 5.95. The number of hydrogen-bond acceptors (Lipinski definition) is 10. The van der Waals surface area contributed by atoms with Gasteiger partial charge in [0.05, 0.1) is 7.11 Å². The van der Waals surface area contributed by atoms with Crippen LogP contribution in [0.1, 0.15) is 65.9 Å². The van der Waals surface area contributed by atoms with Gasteiger partial charge in [0.1, 0.15) is 18.8 Å². The van der Waals surface area contributed by atoms with Crippen LogP contribution in [0.15, 0.2) is 54.6 Å². The van der Waals surface area contributed by atoms with Crippen LogP contribution in [0.5, 0.6) is 0 Å². The molecule has 242 valence electrons. The molecule has 0 amide bonds. The van der Waals surface area contributed by atoms with E-state index in [1.54, 1.807) is 6.08 Å². The second kappa shape index (κ2) is 15.1. The predicted octanol–water partition coefficient (Wildman–Crippen LogP) is 4.27. The molecule has 0 aromatic heterocycles. The molecule has 2 aliphatic heterocycles. The fraction of sp³-hybridized carbons (Fsp3) is 0.588. The van der Waals surface area contributed by atoms with Crippen molar-refractivity contribution >= 4 is 23.7 Å². The van der Waals surface area contributed by atoms with Gasteiger partial charge in [-0.1, -0.05) is 77.1 Å². The SMILES string of the molecule is C=C(CC[C@]12OCC(=O)[C@](C(=O)OC)(O1)[C@H](OC(=O)/C=C/[C@@H](C)C[C@@H](C)CC)[C@H]2O)[C@@H](OC(C)=O)[C@H](C)Cc1ccccc1. The summed E-state index contributed by atoms with van der Waals surface area (Å²) in [7, 11) is 1.07. The van der Waals surface area contributed by atoms with E-state index in [0.717, 1.165) is 25.5 Å². The van der Waals surface area contributed by atoms with Crippen LogP contribution in [0.3, 0.4) is 0 Å². The number of benzene rings is 1. The van der Waals surface area contributed by atoms with Gasteiger partial charge in [0.15, 0.2) is 6.10 Å². The molecule has 2 saturated heterocycles. The molecule has 0 saturated carbocycles. The number of methoxy groups -OCH3 is 1.